The zero-order valence-corrected chi connectivity index (χ0v) is 19.9. The van der Waals surface area contributed by atoms with Crippen LogP contribution in [0.1, 0.15) is 24.8 Å². The van der Waals surface area contributed by atoms with E-state index < -0.39 is 10.0 Å². The number of hydrogen-bond acceptors (Lipinski definition) is 6. The van der Waals surface area contributed by atoms with Crippen LogP contribution in [0.15, 0.2) is 41.3 Å². The molecule has 0 aromatic heterocycles. The molecule has 0 saturated carbocycles. The van der Waals surface area contributed by atoms with Gasteiger partial charge in [0.2, 0.25) is 16.8 Å². The molecule has 0 unspecified atom stereocenters. The fraction of sp³-hybridized carbons (Fsp3) is 0.409. The van der Waals surface area contributed by atoms with Crippen LogP contribution in [-0.2, 0) is 16.6 Å². The highest BCUT2D eigenvalue weighted by Gasteiger charge is 2.27. The molecule has 10 heteroatoms. The summed E-state index contributed by atoms with van der Waals surface area (Å²) in [6, 6.07) is 10.9. The first-order valence-corrected chi connectivity index (χ1v) is 12.4. The van der Waals surface area contributed by atoms with Crippen LogP contribution in [0.4, 0.5) is 11.4 Å². The van der Waals surface area contributed by atoms with Crippen LogP contribution < -0.4 is 25.0 Å². The van der Waals surface area contributed by atoms with Gasteiger partial charge in [-0.25, -0.2) is 8.42 Å². The summed E-state index contributed by atoms with van der Waals surface area (Å²) in [6.07, 6.45) is 2.86. The lowest BCUT2D eigenvalue weighted by Gasteiger charge is -2.27. The molecule has 2 aliphatic rings. The molecule has 2 aromatic carbocycles. The first-order valence-electron chi connectivity index (χ1n) is 10.6. The Hall–Kier alpha value is -2.56. The van der Waals surface area contributed by atoms with Gasteiger partial charge in [0.05, 0.1) is 16.3 Å². The molecule has 0 aliphatic carbocycles. The van der Waals surface area contributed by atoms with Gasteiger partial charge in [-0.2, -0.15) is 4.31 Å². The van der Waals surface area contributed by atoms with Gasteiger partial charge in [0.15, 0.2) is 16.6 Å². The molecule has 2 heterocycles. The predicted molar refractivity (Wildman–Crippen MR) is 129 cm³/mol. The third kappa shape index (κ3) is 4.92. The topological polar surface area (TPSA) is 83.1 Å². The Balaban J connectivity index is 1.48. The first-order chi connectivity index (χ1) is 15.3. The maximum atomic E-state index is 13.1. The van der Waals surface area contributed by atoms with Crippen LogP contribution in [0.25, 0.3) is 0 Å². The molecule has 32 heavy (non-hydrogen) atoms. The molecule has 4 rings (SSSR count). The molecule has 0 atom stereocenters. The number of rotatable bonds is 6. The second-order valence-corrected chi connectivity index (χ2v) is 10.4. The van der Waals surface area contributed by atoms with Gasteiger partial charge in [-0.15, -0.1) is 0 Å². The quantitative estimate of drug-likeness (QED) is 0.616. The summed E-state index contributed by atoms with van der Waals surface area (Å²) in [5, 5.41) is 6.74. The lowest BCUT2D eigenvalue weighted by atomic mass is 10.2. The number of anilines is 2. The molecule has 0 amide bonds. The van der Waals surface area contributed by atoms with Crippen molar-refractivity contribution < 1.29 is 17.9 Å². The van der Waals surface area contributed by atoms with Crippen LogP contribution >= 0.6 is 12.2 Å². The Morgan fingerprint density at radius 1 is 1.06 bits per heavy atom. The highest BCUT2D eigenvalue weighted by atomic mass is 32.2. The molecule has 2 N–H and O–H groups in total. The normalized spacial score (nSPS) is 15.9. The van der Waals surface area contributed by atoms with Crippen LogP contribution in [0.3, 0.4) is 0 Å². The summed E-state index contributed by atoms with van der Waals surface area (Å²) < 4.78 is 38.6. The number of benzene rings is 2. The smallest absolute Gasteiger partial charge is 0.243 e. The molecule has 2 aliphatic heterocycles. The summed E-state index contributed by atoms with van der Waals surface area (Å²) >= 11 is 5.49. The number of nitrogens with zero attached hydrogens (tertiary/aromatic N) is 2. The van der Waals surface area contributed by atoms with Crippen LogP contribution in [0.5, 0.6) is 11.5 Å². The largest absolute Gasteiger partial charge is 0.454 e. The fourth-order valence-electron chi connectivity index (χ4n) is 3.82. The van der Waals surface area contributed by atoms with Crippen molar-refractivity contribution in [2.75, 3.05) is 44.2 Å². The van der Waals surface area contributed by atoms with E-state index in [-0.39, 0.29) is 11.7 Å². The van der Waals surface area contributed by atoms with E-state index in [0.29, 0.717) is 36.2 Å². The van der Waals surface area contributed by atoms with Gasteiger partial charge in [0.1, 0.15) is 0 Å². The van der Waals surface area contributed by atoms with Crippen molar-refractivity contribution >= 4 is 38.7 Å². The summed E-state index contributed by atoms with van der Waals surface area (Å²) in [7, 11) is 0.272. The SMILES string of the molecule is CN(C)c1ccc(S(=O)(=O)N2CCCCC2)cc1NC(=S)NCc1ccc2c(c1)OCO2. The third-order valence-electron chi connectivity index (χ3n) is 5.54. The van der Waals surface area contributed by atoms with Crippen LogP contribution in [0.2, 0.25) is 0 Å². The number of ether oxygens (including phenoxy) is 2. The van der Waals surface area contributed by atoms with Crippen molar-refractivity contribution in [1.82, 2.24) is 9.62 Å². The first kappa shape index (κ1) is 22.6. The van der Waals surface area contributed by atoms with E-state index in [0.717, 1.165) is 36.3 Å². The van der Waals surface area contributed by atoms with Gasteiger partial charge in [0, 0.05) is 33.7 Å². The van der Waals surface area contributed by atoms with Crippen molar-refractivity contribution in [3.05, 3.63) is 42.0 Å². The molecule has 0 spiro atoms. The monoisotopic (exact) mass is 476 g/mol. The second kappa shape index (κ2) is 9.51. The van der Waals surface area contributed by atoms with Gasteiger partial charge in [-0.3, -0.25) is 0 Å². The lowest BCUT2D eigenvalue weighted by Crippen LogP contribution is -2.35. The lowest BCUT2D eigenvalue weighted by molar-refractivity contribution is 0.174. The van der Waals surface area contributed by atoms with E-state index >= 15 is 0 Å². The number of nitrogens with one attached hydrogen (secondary N) is 2. The Bertz CT molecular complexity index is 1100. The van der Waals surface area contributed by atoms with Crippen LogP contribution in [0, 0.1) is 0 Å². The Labute approximate surface area is 194 Å². The maximum absolute atomic E-state index is 13.1. The van der Waals surface area contributed by atoms with E-state index in [4.69, 9.17) is 21.7 Å². The Morgan fingerprint density at radius 2 is 1.81 bits per heavy atom. The fourth-order valence-corrected chi connectivity index (χ4v) is 5.55. The van der Waals surface area contributed by atoms with Crippen molar-refractivity contribution in [2.24, 2.45) is 0 Å². The summed E-state index contributed by atoms with van der Waals surface area (Å²) in [5.74, 6) is 1.45. The van der Waals surface area contributed by atoms with Gasteiger partial charge in [-0.05, 0) is 61.0 Å². The standard InChI is InChI=1S/C22H28N4O4S2/c1-25(2)19-8-7-17(32(27,28)26-10-4-3-5-11-26)13-18(19)24-22(31)23-14-16-6-9-20-21(12-16)30-15-29-20/h6-9,12-13H,3-5,10-11,14-15H2,1-2H3,(H2,23,24,31). The molecule has 1 saturated heterocycles. The molecule has 0 radical (unpaired) electrons. The van der Waals surface area contributed by atoms with E-state index in [1.807, 2.05) is 37.2 Å². The van der Waals surface area contributed by atoms with Gasteiger partial charge in [0.25, 0.3) is 0 Å². The Kier molecular flexibility index (Phi) is 6.73. The maximum Gasteiger partial charge on any atom is 0.243 e. The highest BCUT2D eigenvalue weighted by molar-refractivity contribution is 7.89. The van der Waals surface area contributed by atoms with Crippen molar-refractivity contribution in [2.45, 2.75) is 30.7 Å². The summed E-state index contributed by atoms with van der Waals surface area (Å²) in [6.45, 7) is 1.85. The number of sulfonamides is 1. The molecular weight excluding hydrogens is 448 g/mol. The minimum absolute atomic E-state index is 0.232. The molecular formula is C22H28N4O4S2. The minimum atomic E-state index is -3.54. The van der Waals surface area contributed by atoms with Crippen molar-refractivity contribution in [3.63, 3.8) is 0 Å². The second-order valence-electron chi connectivity index (χ2n) is 8.03. The van der Waals surface area contributed by atoms with E-state index in [2.05, 4.69) is 10.6 Å². The van der Waals surface area contributed by atoms with E-state index in [9.17, 15) is 8.42 Å². The van der Waals surface area contributed by atoms with Crippen molar-refractivity contribution in [1.29, 1.82) is 0 Å². The van der Waals surface area contributed by atoms with E-state index in [1.54, 1.807) is 22.5 Å². The molecule has 1 fully saturated rings. The number of fused-ring (bicyclic) bond motifs is 1. The summed E-state index contributed by atoms with van der Waals surface area (Å²) in [5.41, 5.74) is 2.47. The molecule has 172 valence electrons. The number of hydrogen-bond donors (Lipinski definition) is 2. The molecule has 8 nitrogen and oxygen atoms in total. The van der Waals surface area contributed by atoms with Gasteiger partial charge < -0.3 is 25.0 Å². The highest BCUT2D eigenvalue weighted by Crippen LogP contribution is 2.33. The number of thiocarbonyl (C=S) groups is 1. The Morgan fingerprint density at radius 3 is 2.56 bits per heavy atom. The summed E-state index contributed by atoms with van der Waals surface area (Å²) in [4.78, 5) is 2.19. The predicted octanol–water partition coefficient (Wildman–Crippen LogP) is 3.14. The average molecular weight is 477 g/mol. The third-order valence-corrected chi connectivity index (χ3v) is 7.68. The van der Waals surface area contributed by atoms with E-state index in [1.165, 1.54) is 0 Å². The zero-order valence-electron chi connectivity index (χ0n) is 18.3. The molecule has 2 aromatic rings. The number of piperidine rings is 1. The van der Waals surface area contributed by atoms with Crippen molar-refractivity contribution in [3.8, 4) is 11.5 Å². The van der Waals surface area contributed by atoms with Gasteiger partial charge in [-0.1, -0.05) is 12.5 Å². The average Bonchev–Trinajstić information content (AvgIpc) is 3.26. The zero-order chi connectivity index (χ0) is 22.7. The minimum Gasteiger partial charge on any atom is -0.454 e. The van der Waals surface area contributed by atoms with Gasteiger partial charge >= 0.3 is 0 Å². The van der Waals surface area contributed by atoms with Crippen LogP contribution in [-0.4, -0.2) is 51.8 Å². The molecule has 0 bridgehead atoms.